The molecule has 0 saturated carbocycles. The van der Waals surface area contributed by atoms with Crippen molar-refractivity contribution in [3.05, 3.63) is 12.7 Å². The summed E-state index contributed by atoms with van der Waals surface area (Å²) < 4.78 is 0. The van der Waals surface area contributed by atoms with Crippen LogP contribution in [0.1, 0.15) is 19.8 Å². The van der Waals surface area contributed by atoms with E-state index in [0.29, 0.717) is 0 Å². The first-order valence-electron chi connectivity index (χ1n) is 3.30. The van der Waals surface area contributed by atoms with Crippen LogP contribution in [0.5, 0.6) is 0 Å². The Morgan fingerprint density at radius 1 is 1.09 bits per heavy atom. The van der Waals surface area contributed by atoms with Crippen molar-refractivity contribution in [2.24, 2.45) is 11.5 Å². The lowest BCUT2D eigenvalue weighted by atomic mass is 10.3. The molecule has 0 spiro atoms. The molecule has 72 valence electrons. The van der Waals surface area contributed by atoms with Crippen LogP contribution in [0.3, 0.4) is 0 Å². The third-order valence-electron chi connectivity index (χ3n) is 0.658. The van der Waals surface area contributed by atoms with Gasteiger partial charge in [0.1, 0.15) is 0 Å². The molecule has 11 heavy (non-hydrogen) atoms. The monoisotopic (exact) mass is 164 g/mol. The highest BCUT2D eigenvalue weighted by molar-refractivity contribution is 4.51. The van der Waals surface area contributed by atoms with Gasteiger partial charge in [-0.1, -0.05) is 6.08 Å². The molecule has 0 fully saturated rings. The quantitative estimate of drug-likeness (QED) is 0.369. The summed E-state index contributed by atoms with van der Waals surface area (Å²) in [5.41, 5.74) is 10.3. The molecule has 0 heterocycles. The number of unbranched alkanes of at least 4 members (excludes halogenated alkanes) is 1. The Morgan fingerprint density at radius 2 is 1.27 bits per heavy atom. The van der Waals surface area contributed by atoms with Crippen molar-refractivity contribution in [3.63, 3.8) is 0 Å². The zero-order valence-corrected chi connectivity index (χ0v) is 7.68. The summed E-state index contributed by atoms with van der Waals surface area (Å²) in [4.78, 5) is 0. The van der Waals surface area contributed by atoms with Gasteiger partial charge in [-0.15, -0.1) is 6.58 Å². The third-order valence-corrected chi connectivity index (χ3v) is 0.658. The second kappa shape index (κ2) is 33.6. The molecule has 0 aromatic rings. The van der Waals surface area contributed by atoms with Crippen LogP contribution in [0.2, 0.25) is 0 Å². The van der Waals surface area contributed by atoms with Crippen LogP contribution < -0.4 is 23.8 Å². The predicted octanol–water partition coefficient (Wildman–Crippen LogP) is 1.20. The topological polar surface area (TPSA) is 122 Å². The molecular weight excluding hydrogens is 140 g/mol. The van der Waals surface area contributed by atoms with E-state index in [1.54, 1.807) is 6.08 Å². The first-order valence-corrected chi connectivity index (χ1v) is 3.30. The third kappa shape index (κ3) is 82.7. The van der Waals surface area contributed by atoms with Gasteiger partial charge in [0, 0.05) is 0 Å². The fraction of sp³-hybridized carbons (Fsp3) is 0.714. The molecular formula is C7H24N4. The summed E-state index contributed by atoms with van der Waals surface area (Å²) >= 11 is 0. The second-order valence-corrected chi connectivity index (χ2v) is 1.69. The van der Waals surface area contributed by atoms with Gasteiger partial charge in [-0.2, -0.15) is 0 Å². The molecule has 0 aliphatic rings. The van der Waals surface area contributed by atoms with Crippen LogP contribution in [0.15, 0.2) is 12.7 Å². The molecule has 0 rings (SSSR count). The van der Waals surface area contributed by atoms with Crippen molar-refractivity contribution in [1.29, 1.82) is 0 Å². The number of nitrogens with two attached hydrogens (primary N) is 2. The molecule has 0 radical (unpaired) electrons. The van der Waals surface area contributed by atoms with E-state index < -0.39 is 0 Å². The summed E-state index contributed by atoms with van der Waals surface area (Å²) in [5.74, 6) is 0. The van der Waals surface area contributed by atoms with E-state index in [2.05, 4.69) is 6.58 Å². The van der Waals surface area contributed by atoms with Crippen molar-refractivity contribution in [1.82, 2.24) is 12.3 Å². The van der Waals surface area contributed by atoms with E-state index in [9.17, 15) is 0 Å². The number of hydrogen-bond acceptors (Lipinski definition) is 4. The van der Waals surface area contributed by atoms with Gasteiger partial charge in [0.15, 0.2) is 0 Å². The Morgan fingerprint density at radius 3 is 1.36 bits per heavy atom. The average Bonchev–Trinajstić information content (AvgIpc) is 1.86. The van der Waals surface area contributed by atoms with Gasteiger partial charge in [0.05, 0.1) is 0 Å². The highest BCUT2D eigenvalue weighted by atomic mass is 14.5. The molecule has 0 atom stereocenters. The van der Waals surface area contributed by atoms with E-state index in [0.717, 1.165) is 25.9 Å². The standard InChI is InChI=1S/C4H12N2.C3H6.2H3N/c5-3-1-2-4-6;1-3-2;;/h1-6H2;3H,1H2,2H3;2*1H3. The lowest BCUT2D eigenvalue weighted by molar-refractivity contribution is 0.755. The van der Waals surface area contributed by atoms with Gasteiger partial charge >= 0.3 is 0 Å². The largest absolute Gasteiger partial charge is 0.344 e. The van der Waals surface area contributed by atoms with E-state index in [4.69, 9.17) is 11.5 Å². The molecule has 0 aliphatic carbocycles. The summed E-state index contributed by atoms with van der Waals surface area (Å²) in [6.45, 7) is 6.80. The Labute approximate surface area is 70.2 Å². The van der Waals surface area contributed by atoms with E-state index in [1.165, 1.54) is 0 Å². The Bertz CT molecular complexity index is 43.7. The minimum atomic E-state index is 0. The Kier molecular flexibility index (Phi) is 68.5. The van der Waals surface area contributed by atoms with Crippen molar-refractivity contribution in [2.45, 2.75) is 19.8 Å². The Hall–Kier alpha value is -0.420. The highest BCUT2D eigenvalue weighted by Gasteiger charge is 1.75. The zero-order valence-electron chi connectivity index (χ0n) is 7.68. The fourth-order valence-electron chi connectivity index (χ4n) is 0.289. The lowest BCUT2D eigenvalue weighted by Crippen LogP contribution is -2.03. The molecule has 0 amide bonds. The smallest absolute Gasteiger partial charge is 0.00768 e. The molecule has 0 saturated heterocycles. The fourth-order valence-corrected chi connectivity index (χ4v) is 0.289. The van der Waals surface area contributed by atoms with E-state index in [1.807, 2.05) is 6.92 Å². The zero-order chi connectivity index (χ0) is 7.54. The normalized spacial score (nSPS) is 6.09. The van der Waals surface area contributed by atoms with Crippen LogP contribution >= 0.6 is 0 Å². The highest BCUT2D eigenvalue weighted by Crippen LogP contribution is 1.77. The van der Waals surface area contributed by atoms with E-state index in [-0.39, 0.29) is 12.3 Å². The lowest BCUT2D eigenvalue weighted by Gasteiger charge is -1.87. The SMILES string of the molecule is C=CC.N.N.NCCCCN. The second-order valence-electron chi connectivity index (χ2n) is 1.69. The van der Waals surface area contributed by atoms with Crippen LogP contribution in [0, 0.1) is 0 Å². The maximum Gasteiger partial charge on any atom is -0.00768 e. The maximum atomic E-state index is 5.16. The van der Waals surface area contributed by atoms with Crippen molar-refractivity contribution in [2.75, 3.05) is 13.1 Å². The molecule has 4 nitrogen and oxygen atoms in total. The molecule has 4 heteroatoms. The molecule has 0 unspecified atom stereocenters. The minimum Gasteiger partial charge on any atom is -0.344 e. The minimum absolute atomic E-state index is 0. The van der Waals surface area contributed by atoms with Gasteiger partial charge in [-0.3, -0.25) is 0 Å². The van der Waals surface area contributed by atoms with Crippen LogP contribution in [-0.2, 0) is 0 Å². The van der Waals surface area contributed by atoms with Gasteiger partial charge in [-0.05, 0) is 32.9 Å². The van der Waals surface area contributed by atoms with Gasteiger partial charge < -0.3 is 23.8 Å². The van der Waals surface area contributed by atoms with Crippen molar-refractivity contribution in [3.8, 4) is 0 Å². The van der Waals surface area contributed by atoms with Gasteiger partial charge in [0.2, 0.25) is 0 Å². The number of rotatable bonds is 3. The van der Waals surface area contributed by atoms with E-state index >= 15 is 0 Å². The van der Waals surface area contributed by atoms with Crippen molar-refractivity contribution >= 4 is 0 Å². The Balaban J connectivity index is -0.0000000437. The summed E-state index contributed by atoms with van der Waals surface area (Å²) in [5, 5.41) is 0. The van der Waals surface area contributed by atoms with Gasteiger partial charge in [0.25, 0.3) is 0 Å². The summed E-state index contributed by atoms with van der Waals surface area (Å²) in [6.07, 6.45) is 3.88. The number of hydrogen-bond donors (Lipinski definition) is 4. The number of allylic oxidation sites excluding steroid dienone is 1. The molecule has 0 aromatic heterocycles. The van der Waals surface area contributed by atoms with Crippen LogP contribution in [0.4, 0.5) is 0 Å². The van der Waals surface area contributed by atoms with Crippen LogP contribution in [-0.4, -0.2) is 13.1 Å². The maximum absolute atomic E-state index is 5.16. The molecule has 0 bridgehead atoms. The first kappa shape index (κ1) is 22.4. The first-order chi connectivity index (χ1) is 4.33. The summed E-state index contributed by atoms with van der Waals surface area (Å²) in [7, 11) is 0. The molecule has 0 aromatic carbocycles. The molecule has 10 N–H and O–H groups in total. The molecule has 0 aliphatic heterocycles. The van der Waals surface area contributed by atoms with Crippen molar-refractivity contribution < 1.29 is 0 Å². The average molecular weight is 164 g/mol. The predicted molar refractivity (Wildman–Crippen MR) is 53.3 cm³/mol. The van der Waals surface area contributed by atoms with Crippen LogP contribution in [0.25, 0.3) is 0 Å². The van der Waals surface area contributed by atoms with Gasteiger partial charge in [-0.25, -0.2) is 0 Å². The summed E-state index contributed by atoms with van der Waals surface area (Å²) in [6, 6.07) is 0.